The molecule has 0 spiro atoms. The molecular weight excluding hydrogens is 487 g/mol. The van der Waals surface area contributed by atoms with Gasteiger partial charge in [0.1, 0.15) is 17.3 Å². The monoisotopic (exact) mass is 526 g/mol. The van der Waals surface area contributed by atoms with Gasteiger partial charge >= 0.3 is 0 Å². The molecule has 4 N–H and O–H groups in total. The second-order valence-electron chi connectivity index (χ2n) is 9.90. The highest BCUT2D eigenvalue weighted by atomic mass is 35.5. The van der Waals surface area contributed by atoms with E-state index in [0.29, 0.717) is 24.1 Å². The van der Waals surface area contributed by atoms with Crippen LogP contribution in [0.3, 0.4) is 0 Å². The summed E-state index contributed by atoms with van der Waals surface area (Å²) in [6, 6.07) is 6.11. The van der Waals surface area contributed by atoms with Gasteiger partial charge in [-0.3, -0.25) is 10.2 Å². The van der Waals surface area contributed by atoms with Crippen LogP contribution >= 0.6 is 24.8 Å². The zero-order valence-electron chi connectivity index (χ0n) is 21.5. The topological polar surface area (TPSA) is 112 Å². The van der Waals surface area contributed by atoms with Crippen molar-refractivity contribution in [2.24, 2.45) is 5.92 Å². The number of ether oxygens (including phenoxy) is 1. The number of halogens is 2. The summed E-state index contributed by atoms with van der Waals surface area (Å²) in [4.78, 5) is 21.9. The Balaban J connectivity index is 0.00000306. The summed E-state index contributed by atoms with van der Waals surface area (Å²) in [5.41, 5.74) is 1.16. The van der Waals surface area contributed by atoms with E-state index in [1.165, 1.54) is 0 Å². The minimum absolute atomic E-state index is 0. The number of nitrogens with zero attached hydrogens (tertiary/aromatic N) is 2. The predicted octanol–water partition coefficient (Wildman–Crippen LogP) is 4.88. The molecule has 8 nitrogen and oxygen atoms in total. The van der Waals surface area contributed by atoms with Gasteiger partial charge in [-0.2, -0.15) is 0 Å². The summed E-state index contributed by atoms with van der Waals surface area (Å²) in [6.45, 7) is 10.5. The molecular formula is C25H40Cl2N6O2. The van der Waals surface area contributed by atoms with E-state index in [9.17, 15) is 4.79 Å². The average Bonchev–Trinajstić information content (AvgIpc) is 2.78. The largest absolute Gasteiger partial charge is 0.371 e. The average molecular weight is 528 g/mol. The SMILES string of the molecule is COC(C)(C)C(=N)N[C@@H]1CCCC[C@@H]1Nc1nc(C(=O)NCC(C)C)nc2ccc(C)cc12.Cl.Cl. The third-order valence-corrected chi connectivity index (χ3v) is 6.26. The molecule has 0 unspecified atom stereocenters. The van der Waals surface area contributed by atoms with E-state index < -0.39 is 5.60 Å². The molecule has 2 aromatic rings. The first-order valence-corrected chi connectivity index (χ1v) is 11.8. The van der Waals surface area contributed by atoms with Gasteiger partial charge in [-0.1, -0.05) is 38.3 Å². The lowest BCUT2D eigenvalue weighted by atomic mass is 9.89. The number of methoxy groups -OCH3 is 1. The fraction of sp³-hybridized carbons (Fsp3) is 0.600. The van der Waals surface area contributed by atoms with Crippen molar-refractivity contribution in [2.75, 3.05) is 19.0 Å². The number of nitrogens with one attached hydrogen (secondary N) is 4. The lowest BCUT2D eigenvalue weighted by Gasteiger charge is -2.36. The molecule has 0 bridgehead atoms. The molecule has 1 aromatic carbocycles. The highest BCUT2D eigenvalue weighted by molar-refractivity contribution is 5.96. The summed E-state index contributed by atoms with van der Waals surface area (Å²) in [7, 11) is 1.62. The summed E-state index contributed by atoms with van der Waals surface area (Å²) < 4.78 is 5.47. The molecule has 1 aromatic heterocycles. The highest BCUT2D eigenvalue weighted by Crippen LogP contribution is 2.27. The molecule has 35 heavy (non-hydrogen) atoms. The van der Waals surface area contributed by atoms with Gasteiger partial charge in [0.25, 0.3) is 5.91 Å². The van der Waals surface area contributed by atoms with Gasteiger partial charge in [-0.25, -0.2) is 9.97 Å². The second kappa shape index (κ2) is 13.2. The van der Waals surface area contributed by atoms with Gasteiger partial charge in [0, 0.05) is 31.1 Å². The Kier molecular flexibility index (Phi) is 11.7. The zero-order chi connectivity index (χ0) is 24.2. The number of aryl methyl sites for hydroxylation is 1. The van der Waals surface area contributed by atoms with Crippen LogP contribution in [0.1, 0.15) is 69.6 Å². The number of anilines is 1. The van der Waals surface area contributed by atoms with Crippen molar-refractivity contribution < 1.29 is 9.53 Å². The molecule has 1 fully saturated rings. The number of aromatic nitrogens is 2. The van der Waals surface area contributed by atoms with E-state index >= 15 is 0 Å². The van der Waals surface area contributed by atoms with Crippen LogP contribution in [-0.2, 0) is 4.74 Å². The van der Waals surface area contributed by atoms with E-state index in [0.717, 1.165) is 42.1 Å². The first kappa shape index (κ1) is 30.9. The summed E-state index contributed by atoms with van der Waals surface area (Å²) in [5.74, 6) is 1.27. The molecule has 1 aliphatic carbocycles. The molecule has 0 aliphatic heterocycles. The molecule has 10 heteroatoms. The summed E-state index contributed by atoms with van der Waals surface area (Å²) in [6.07, 6.45) is 4.10. The van der Waals surface area contributed by atoms with E-state index in [4.69, 9.17) is 10.1 Å². The number of amidine groups is 1. The van der Waals surface area contributed by atoms with Gasteiger partial charge in [0.2, 0.25) is 5.82 Å². The first-order chi connectivity index (χ1) is 15.6. The summed E-state index contributed by atoms with van der Waals surface area (Å²) in [5, 5.41) is 19.3. The number of carbonyl (C=O) groups is 1. The van der Waals surface area contributed by atoms with Crippen molar-refractivity contribution >= 4 is 53.3 Å². The Morgan fingerprint density at radius 1 is 1.17 bits per heavy atom. The minimum Gasteiger partial charge on any atom is -0.371 e. The maximum Gasteiger partial charge on any atom is 0.289 e. The highest BCUT2D eigenvalue weighted by Gasteiger charge is 2.31. The molecule has 1 saturated carbocycles. The van der Waals surface area contributed by atoms with Gasteiger partial charge in [0.05, 0.1) is 5.52 Å². The van der Waals surface area contributed by atoms with Gasteiger partial charge < -0.3 is 20.7 Å². The number of hydrogen-bond donors (Lipinski definition) is 4. The molecule has 0 saturated heterocycles. The number of rotatable bonds is 8. The molecule has 1 aliphatic rings. The molecule has 1 amide bonds. The summed E-state index contributed by atoms with van der Waals surface area (Å²) >= 11 is 0. The molecule has 3 rings (SSSR count). The van der Waals surface area contributed by atoms with Crippen LogP contribution in [0.15, 0.2) is 18.2 Å². The van der Waals surface area contributed by atoms with Crippen molar-refractivity contribution in [3.8, 4) is 0 Å². The standard InChI is InChI=1S/C25H38N6O2.2ClH/c1-15(2)14-27-23(32)22-28-18-12-11-16(3)13-17(18)21(31-22)29-19-9-7-8-10-20(19)30-24(26)25(4,5)33-6;;/h11-13,15,19-20H,7-10,14H2,1-6H3,(H2,26,30)(H,27,32)(H,28,29,31);2*1H/t19-,20+;;/m0../s1. The number of benzene rings is 1. The van der Waals surface area contributed by atoms with Crippen LogP contribution in [0.2, 0.25) is 0 Å². The Hall–Kier alpha value is -2.16. The zero-order valence-corrected chi connectivity index (χ0v) is 23.2. The normalized spacial score (nSPS) is 17.8. The van der Waals surface area contributed by atoms with Crippen LogP contribution in [0, 0.1) is 18.3 Å². The van der Waals surface area contributed by atoms with Gasteiger partial charge in [0.15, 0.2) is 0 Å². The Bertz CT molecular complexity index is 1010. The third kappa shape index (κ3) is 7.92. The van der Waals surface area contributed by atoms with Crippen LogP contribution in [0.4, 0.5) is 5.82 Å². The third-order valence-electron chi connectivity index (χ3n) is 6.26. The van der Waals surface area contributed by atoms with E-state index in [1.54, 1.807) is 7.11 Å². The lowest BCUT2D eigenvalue weighted by molar-refractivity contribution is 0.0776. The Labute approximate surface area is 221 Å². The fourth-order valence-electron chi connectivity index (χ4n) is 3.94. The van der Waals surface area contributed by atoms with Crippen molar-refractivity contribution in [3.05, 3.63) is 29.6 Å². The smallest absolute Gasteiger partial charge is 0.289 e. The van der Waals surface area contributed by atoms with E-state index in [-0.39, 0.29) is 48.6 Å². The van der Waals surface area contributed by atoms with Gasteiger partial charge in [-0.05, 0) is 51.7 Å². The van der Waals surface area contributed by atoms with Crippen molar-refractivity contribution in [1.82, 2.24) is 20.6 Å². The predicted molar refractivity (Wildman–Crippen MR) is 148 cm³/mol. The first-order valence-electron chi connectivity index (χ1n) is 11.8. The van der Waals surface area contributed by atoms with Crippen molar-refractivity contribution in [1.29, 1.82) is 5.41 Å². The molecule has 0 radical (unpaired) electrons. The van der Waals surface area contributed by atoms with Crippen molar-refractivity contribution in [3.63, 3.8) is 0 Å². The van der Waals surface area contributed by atoms with E-state index in [1.807, 2.05) is 32.9 Å². The minimum atomic E-state index is -0.678. The molecule has 1 heterocycles. The van der Waals surface area contributed by atoms with Gasteiger partial charge in [-0.15, -0.1) is 24.8 Å². The number of amides is 1. The Morgan fingerprint density at radius 2 is 1.83 bits per heavy atom. The molecule has 2 atom stereocenters. The second-order valence-corrected chi connectivity index (χ2v) is 9.90. The van der Waals surface area contributed by atoms with Crippen LogP contribution in [0.5, 0.6) is 0 Å². The number of hydrogen-bond acceptors (Lipinski definition) is 6. The van der Waals surface area contributed by atoms with Crippen LogP contribution in [-0.4, -0.2) is 53.1 Å². The van der Waals surface area contributed by atoms with Crippen LogP contribution in [0.25, 0.3) is 10.9 Å². The number of carbonyl (C=O) groups excluding carboxylic acids is 1. The van der Waals surface area contributed by atoms with Crippen molar-refractivity contribution in [2.45, 2.75) is 78.0 Å². The Morgan fingerprint density at radius 3 is 2.46 bits per heavy atom. The molecule has 196 valence electrons. The maximum absolute atomic E-state index is 12.7. The quantitative estimate of drug-likeness (QED) is 0.288. The fourth-order valence-corrected chi connectivity index (χ4v) is 3.94. The maximum atomic E-state index is 12.7. The van der Waals surface area contributed by atoms with Crippen LogP contribution < -0.4 is 16.0 Å². The van der Waals surface area contributed by atoms with E-state index in [2.05, 4.69) is 45.8 Å². The lowest BCUT2D eigenvalue weighted by Crippen LogP contribution is -2.54. The number of fused-ring (bicyclic) bond motifs is 1.